The Morgan fingerprint density at radius 3 is 2.52 bits per heavy atom. The third-order valence-electron chi connectivity index (χ3n) is 4.03. The van der Waals surface area contributed by atoms with Gasteiger partial charge in [-0.1, -0.05) is 23.7 Å². The minimum atomic E-state index is -4.44. The fourth-order valence-corrected chi connectivity index (χ4v) is 3.12. The van der Waals surface area contributed by atoms with E-state index in [9.17, 15) is 13.2 Å². The Kier molecular flexibility index (Phi) is 7.60. The summed E-state index contributed by atoms with van der Waals surface area (Å²) in [4.78, 5) is 3.68. The summed E-state index contributed by atoms with van der Waals surface area (Å²) in [6, 6.07) is 13.3. The Morgan fingerprint density at radius 1 is 1.16 bits per heavy atom. The lowest BCUT2D eigenvalue weighted by Crippen LogP contribution is -2.05. The predicted octanol–water partition coefficient (Wildman–Crippen LogP) is 6.39. The maximum atomic E-state index is 12.6. The van der Waals surface area contributed by atoms with Crippen molar-refractivity contribution < 1.29 is 22.6 Å². The zero-order valence-electron chi connectivity index (χ0n) is 16.1. The minimum Gasteiger partial charge on any atom is -0.493 e. The molecule has 0 radical (unpaired) electrons. The normalized spacial score (nSPS) is 11.5. The van der Waals surface area contributed by atoms with Gasteiger partial charge in [-0.15, -0.1) is 0 Å². The van der Waals surface area contributed by atoms with E-state index in [0.717, 1.165) is 21.4 Å². The first-order valence-corrected chi connectivity index (χ1v) is 10.3. The van der Waals surface area contributed by atoms with Crippen LogP contribution in [0.3, 0.4) is 0 Å². The van der Waals surface area contributed by atoms with E-state index in [-0.39, 0.29) is 5.82 Å². The molecule has 10 heteroatoms. The molecular formula is C21H16ClF3IN3O2. The van der Waals surface area contributed by atoms with Gasteiger partial charge in [0.25, 0.3) is 0 Å². The van der Waals surface area contributed by atoms with Gasteiger partial charge in [-0.25, -0.2) is 4.98 Å². The fraction of sp³-hybridized carbons (Fsp3) is 0.143. The van der Waals surface area contributed by atoms with Crippen LogP contribution in [-0.4, -0.2) is 18.3 Å². The Labute approximate surface area is 195 Å². The number of pyridine rings is 1. The van der Waals surface area contributed by atoms with Gasteiger partial charge in [-0.2, -0.15) is 18.3 Å². The number of aromatic nitrogens is 1. The van der Waals surface area contributed by atoms with Crippen LogP contribution in [0.5, 0.6) is 11.5 Å². The smallest absolute Gasteiger partial charge is 0.417 e. The molecule has 0 aliphatic carbocycles. The molecule has 0 fully saturated rings. The monoisotopic (exact) mass is 561 g/mol. The summed E-state index contributed by atoms with van der Waals surface area (Å²) in [5, 5.41) is 4.31. The van der Waals surface area contributed by atoms with Gasteiger partial charge in [0.15, 0.2) is 11.5 Å². The summed E-state index contributed by atoms with van der Waals surface area (Å²) >= 11 is 8.58. The molecule has 0 amide bonds. The van der Waals surface area contributed by atoms with E-state index < -0.39 is 11.7 Å². The molecule has 0 atom stereocenters. The highest BCUT2D eigenvalue weighted by molar-refractivity contribution is 14.1. The second-order valence-electron chi connectivity index (χ2n) is 6.25. The van der Waals surface area contributed by atoms with E-state index in [0.29, 0.717) is 28.7 Å². The van der Waals surface area contributed by atoms with E-state index in [1.54, 1.807) is 12.1 Å². The molecule has 0 saturated heterocycles. The van der Waals surface area contributed by atoms with Gasteiger partial charge in [0.2, 0.25) is 0 Å². The molecule has 0 unspecified atom stereocenters. The number of hydrogen-bond acceptors (Lipinski definition) is 5. The molecule has 2 aromatic carbocycles. The van der Waals surface area contributed by atoms with Crippen molar-refractivity contribution in [2.75, 3.05) is 12.5 Å². The Bertz CT molecular complexity index is 1060. The zero-order chi connectivity index (χ0) is 22.4. The zero-order valence-corrected chi connectivity index (χ0v) is 19.0. The van der Waals surface area contributed by atoms with Crippen LogP contribution in [0.1, 0.15) is 16.7 Å². The third-order valence-corrected chi connectivity index (χ3v) is 5.03. The van der Waals surface area contributed by atoms with Crippen molar-refractivity contribution in [3.63, 3.8) is 0 Å². The third kappa shape index (κ3) is 6.47. The molecule has 1 N–H and O–H groups in total. The molecule has 31 heavy (non-hydrogen) atoms. The summed E-state index contributed by atoms with van der Waals surface area (Å²) in [7, 11) is 1.49. The lowest BCUT2D eigenvalue weighted by Gasteiger charge is -2.13. The molecule has 0 spiro atoms. The van der Waals surface area contributed by atoms with Crippen molar-refractivity contribution in [1.29, 1.82) is 0 Å². The molecule has 0 saturated carbocycles. The molecule has 0 aliphatic heterocycles. The van der Waals surface area contributed by atoms with Gasteiger partial charge >= 0.3 is 6.18 Å². The van der Waals surface area contributed by atoms with Crippen LogP contribution < -0.4 is 14.9 Å². The number of nitrogens with zero attached hydrogens (tertiary/aromatic N) is 2. The number of alkyl halides is 3. The average molecular weight is 562 g/mol. The van der Waals surface area contributed by atoms with Crippen molar-refractivity contribution in [3.05, 3.63) is 80.0 Å². The van der Waals surface area contributed by atoms with Crippen molar-refractivity contribution >= 4 is 46.2 Å². The molecular weight excluding hydrogens is 546 g/mol. The van der Waals surface area contributed by atoms with E-state index >= 15 is 0 Å². The molecule has 0 bridgehead atoms. The summed E-state index contributed by atoms with van der Waals surface area (Å²) in [6.45, 7) is 0.321. The van der Waals surface area contributed by atoms with E-state index in [1.807, 2.05) is 24.3 Å². The number of hydrazone groups is 1. The number of benzene rings is 2. The summed E-state index contributed by atoms with van der Waals surface area (Å²) < 4.78 is 50.1. The van der Waals surface area contributed by atoms with Crippen LogP contribution in [0.25, 0.3) is 0 Å². The standard InChI is InChI=1S/C21H16ClF3IN3O2/c1-30-18-9-14(10-28-29-19-7-4-15(11-27-19)21(23,24)25)8-17(22)20(18)31-12-13-2-5-16(26)6-3-13/h2-11H,12H2,1H3,(H,27,29)/b28-10-. The number of ether oxygens (including phenoxy) is 2. The van der Waals surface area contributed by atoms with Crippen LogP contribution in [0, 0.1) is 3.57 Å². The van der Waals surface area contributed by atoms with E-state index in [4.69, 9.17) is 21.1 Å². The lowest BCUT2D eigenvalue weighted by atomic mass is 10.2. The second-order valence-corrected chi connectivity index (χ2v) is 7.90. The van der Waals surface area contributed by atoms with E-state index in [2.05, 4.69) is 38.1 Å². The van der Waals surface area contributed by atoms with Crippen LogP contribution in [-0.2, 0) is 12.8 Å². The highest BCUT2D eigenvalue weighted by Gasteiger charge is 2.30. The maximum Gasteiger partial charge on any atom is 0.417 e. The molecule has 162 valence electrons. The molecule has 5 nitrogen and oxygen atoms in total. The molecule has 1 heterocycles. The van der Waals surface area contributed by atoms with Crippen LogP contribution in [0.15, 0.2) is 59.8 Å². The van der Waals surface area contributed by atoms with Crippen LogP contribution in [0.4, 0.5) is 19.0 Å². The van der Waals surface area contributed by atoms with Gasteiger partial charge < -0.3 is 9.47 Å². The lowest BCUT2D eigenvalue weighted by molar-refractivity contribution is -0.137. The van der Waals surface area contributed by atoms with Gasteiger partial charge in [-0.3, -0.25) is 5.43 Å². The first kappa shape index (κ1) is 23.1. The number of halogens is 5. The van der Waals surface area contributed by atoms with Crippen LogP contribution >= 0.6 is 34.2 Å². The molecule has 1 aromatic heterocycles. The van der Waals surface area contributed by atoms with Gasteiger partial charge in [-0.05, 0) is 70.1 Å². The maximum absolute atomic E-state index is 12.6. The van der Waals surface area contributed by atoms with Crippen molar-refractivity contribution in [3.8, 4) is 11.5 Å². The van der Waals surface area contributed by atoms with Crippen molar-refractivity contribution in [2.45, 2.75) is 12.8 Å². The van der Waals surface area contributed by atoms with Crippen LogP contribution in [0.2, 0.25) is 5.02 Å². The van der Waals surface area contributed by atoms with Gasteiger partial charge in [0.05, 0.1) is 23.9 Å². The predicted molar refractivity (Wildman–Crippen MR) is 122 cm³/mol. The number of rotatable bonds is 7. The highest BCUT2D eigenvalue weighted by atomic mass is 127. The summed E-state index contributed by atoms with van der Waals surface area (Å²) in [5.41, 5.74) is 3.32. The number of methoxy groups -OCH3 is 1. The fourth-order valence-electron chi connectivity index (χ4n) is 2.49. The van der Waals surface area contributed by atoms with Gasteiger partial charge in [0, 0.05) is 9.77 Å². The topological polar surface area (TPSA) is 55.7 Å². The Hall–Kier alpha value is -2.53. The van der Waals surface area contributed by atoms with Crippen molar-refractivity contribution in [2.24, 2.45) is 5.10 Å². The number of nitrogens with one attached hydrogen (secondary N) is 1. The first-order valence-electron chi connectivity index (χ1n) is 8.83. The second kappa shape index (κ2) is 10.2. The Balaban J connectivity index is 1.68. The van der Waals surface area contributed by atoms with E-state index in [1.165, 1.54) is 19.4 Å². The molecule has 3 rings (SSSR count). The van der Waals surface area contributed by atoms with Crippen molar-refractivity contribution in [1.82, 2.24) is 4.98 Å². The summed E-state index contributed by atoms with van der Waals surface area (Å²) in [5.74, 6) is 0.990. The SMILES string of the molecule is COc1cc(/C=N\Nc2ccc(C(F)(F)F)cn2)cc(Cl)c1OCc1ccc(I)cc1. The minimum absolute atomic E-state index is 0.166. The summed E-state index contributed by atoms with van der Waals surface area (Å²) in [6.07, 6.45) is -2.26. The molecule has 0 aliphatic rings. The van der Waals surface area contributed by atoms with Gasteiger partial charge in [0.1, 0.15) is 12.4 Å². The average Bonchev–Trinajstić information content (AvgIpc) is 2.73. The highest BCUT2D eigenvalue weighted by Crippen LogP contribution is 2.36. The number of hydrogen-bond donors (Lipinski definition) is 1. The Morgan fingerprint density at radius 2 is 1.90 bits per heavy atom. The quantitative estimate of drug-likeness (QED) is 0.206. The first-order chi connectivity index (χ1) is 14.8. The largest absolute Gasteiger partial charge is 0.493 e. The number of anilines is 1. The molecule has 3 aromatic rings.